The van der Waals surface area contributed by atoms with Crippen LogP contribution in [0.4, 0.5) is 17.1 Å². The van der Waals surface area contributed by atoms with E-state index < -0.39 is 5.41 Å². The first-order valence-corrected chi connectivity index (χ1v) is 21.7. The van der Waals surface area contributed by atoms with E-state index in [2.05, 4.69) is 223 Å². The molecular formula is C59H47N. The van der Waals surface area contributed by atoms with Crippen molar-refractivity contribution in [1.82, 2.24) is 0 Å². The van der Waals surface area contributed by atoms with Crippen molar-refractivity contribution >= 4 is 27.8 Å². The fraction of sp³-hybridized carbons (Fsp3) is 0.119. The van der Waals surface area contributed by atoms with Crippen LogP contribution in [-0.4, -0.2) is 0 Å². The van der Waals surface area contributed by atoms with Crippen LogP contribution in [0.1, 0.15) is 65.8 Å². The van der Waals surface area contributed by atoms with Gasteiger partial charge in [0.05, 0.1) is 11.1 Å². The SMILES string of the molecule is c1ccc(-c2ccc(N(c3ccc4c(c3)C(c3ccccc3)(c3ccccc3)c3cccc(C5CCCCC5)c3-4)c3ccc4ccccc4c3-c3ccccc3)cc2)cc1. The minimum Gasteiger partial charge on any atom is -0.310 e. The molecule has 1 nitrogen and oxygen atoms in total. The van der Waals surface area contributed by atoms with E-state index in [-0.39, 0.29) is 0 Å². The minimum atomic E-state index is -0.512. The third-order valence-electron chi connectivity index (χ3n) is 13.3. The molecule has 0 aromatic heterocycles. The third-order valence-corrected chi connectivity index (χ3v) is 13.3. The molecule has 1 heteroatoms. The molecule has 0 saturated heterocycles. The van der Waals surface area contributed by atoms with Gasteiger partial charge in [-0.25, -0.2) is 0 Å². The van der Waals surface area contributed by atoms with Gasteiger partial charge >= 0.3 is 0 Å². The van der Waals surface area contributed by atoms with Gasteiger partial charge in [-0.15, -0.1) is 0 Å². The van der Waals surface area contributed by atoms with Gasteiger partial charge in [0.15, 0.2) is 0 Å². The lowest BCUT2D eigenvalue weighted by molar-refractivity contribution is 0.444. The molecular weight excluding hydrogens is 723 g/mol. The van der Waals surface area contributed by atoms with Crippen molar-refractivity contribution in [2.45, 2.75) is 43.4 Å². The maximum Gasteiger partial charge on any atom is 0.0714 e. The predicted octanol–water partition coefficient (Wildman–Crippen LogP) is 16.1. The van der Waals surface area contributed by atoms with E-state index >= 15 is 0 Å². The van der Waals surface area contributed by atoms with Gasteiger partial charge in [-0.2, -0.15) is 0 Å². The van der Waals surface area contributed by atoms with E-state index in [0.717, 1.165) is 17.1 Å². The molecule has 288 valence electrons. The summed E-state index contributed by atoms with van der Waals surface area (Å²) in [5.74, 6) is 0.564. The minimum absolute atomic E-state index is 0.512. The Morgan fingerprint density at radius 1 is 0.400 bits per heavy atom. The average Bonchev–Trinajstić information content (AvgIpc) is 3.64. The van der Waals surface area contributed by atoms with Gasteiger partial charge in [-0.3, -0.25) is 0 Å². The van der Waals surface area contributed by atoms with Crippen LogP contribution in [0.15, 0.2) is 218 Å². The van der Waals surface area contributed by atoms with Crippen molar-refractivity contribution in [3.8, 4) is 33.4 Å². The summed E-state index contributed by atoms with van der Waals surface area (Å²) in [6.07, 6.45) is 6.45. The first-order valence-electron chi connectivity index (χ1n) is 21.7. The molecule has 0 unspecified atom stereocenters. The van der Waals surface area contributed by atoms with Gasteiger partial charge < -0.3 is 4.90 Å². The molecule has 11 rings (SSSR count). The van der Waals surface area contributed by atoms with Crippen molar-refractivity contribution in [3.05, 3.63) is 246 Å². The summed E-state index contributed by atoms with van der Waals surface area (Å²) in [5.41, 5.74) is 17.4. The van der Waals surface area contributed by atoms with Gasteiger partial charge in [-0.1, -0.05) is 207 Å². The van der Waals surface area contributed by atoms with Gasteiger partial charge in [0.25, 0.3) is 0 Å². The number of rotatable bonds is 8. The molecule has 0 bridgehead atoms. The highest BCUT2D eigenvalue weighted by Crippen LogP contribution is 2.59. The van der Waals surface area contributed by atoms with E-state index in [4.69, 9.17) is 0 Å². The summed E-state index contributed by atoms with van der Waals surface area (Å²) in [6.45, 7) is 0. The van der Waals surface area contributed by atoms with Crippen molar-refractivity contribution in [3.63, 3.8) is 0 Å². The predicted molar refractivity (Wildman–Crippen MR) is 253 cm³/mol. The Bertz CT molecular complexity index is 2890. The van der Waals surface area contributed by atoms with Crippen LogP contribution in [0, 0.1) is 0 Å². The molecule has 0 N–H and O–H groups in total. The van der Waals surface area contributed by atoms with Gasteiger partial charge in [-0.05, 0) is 115 Å². The van der Waals surface area contributed by atoms with Crippen molar-refractivity contribution in [2.24, 2.45) is 0 Å². The largest absolute Gasteiger partial charge is 0.310 e. The summed E-state index contributed by atoms with van der Waals surface area (Å²) in [5, 5.41) is 2.46. The third kappa shape index (κ3) is 5.99. The molecule has 2 aliphatic rings. The second-order valence-electron chi connectivity index (χ2n) is 16.6. The average molecular weight is 770 g/mol. The molecule has 60 heavy (non-hydrogen) atoms. The molecule has 0 heterocycles. The molecule has 2 aliphatic carbocycles. The normalized spacial score (nSPS) is 14.4. The zero-order chi connectivity index (χ0) is 39.9. The van der Waals surface area contributed by atoms with E-state index in [1.807, 2.05) is 0 Å². The van der Waals surface area contributed by atoms with Crippen LogP contribution in [0.3, 0.4) is 0 Å². The van der Waals surface area contributed by atoms with Crippen LogP contribution in [0.25, 0.3) is 44.2 Å². The number of nitrogens with zero attached hydrogens (tertiary/aromatic N) is 1. The molecule has 0 amide bonds. The Morgan fingerprint density at radius 3 is 1.67 bits per heavy atom. The number of hydrogen-bond donors (Lipinski definition) is 0. The standard InChI is InChI=1S/C59H47N/c1-6-19-42(20-7-1)43-33-36-49(37-34-43)60(56-40-35-45-23-16-17-30-51(45)57(56)46-24-10-3-11-25-46)50-38-39-53-55(41-50)59(47-26-12-4-13-27-47,48-28-14-5-15-29-48)54-32-18-31-52(58(53)54)44-21-8-2-9-22-44/h1,3-7,10-20,23-41,44H,2,8-9,21-22H2. The second kappa shape index (κ2) is 15.3. The van der Waals surface area contributed by atoms with Gasteiger partial charge in [0.2, 0.25) is 0 Å². The zero-order valence-electron chi connectivity index (χ0n) is 33.8. The highest BCUT2D eigenvalue weighted by molar-refractivity contribution is 6.05. The van der Waals surface area contributed by atoms with E-state index in [0.29, 0.717) is 5.92 Å². The molecule has 0 aliphatic heterocycles. The monoisotopic (exact) mass is 769 g/mol. The topological polar surface area (TPSA) is 3.24 Å². The van der Waals surface area contributed by atoms with E-state index in [1.165, 1.54) is 104 Å². The molecule has 9 aromatic rings. The van der Waals surface area contributed by atoms with E-state index in [9.17, 15) is 0 Å². The second-order valence-corrected chi connectivity index (χ2v) is 16.6. The molecule has 0 atom stereocenters. The Balaban J connectivity index is 1.21. The highest BCUT2D eigenvalue weighted by atomic mass is 15.1. The maximum absolute atomic E-state index is 2.54. The van der Waals surface area contributed by atoms with Crippen molar-refractivity contribution < 1.29 is 0 Å². The Kier molecular flexibility index (Phi) is 9.23. The quantitative estimate of drug-likeness (QED) is 0.149. The summed E-state index contributed by atoms with van der Waals surface area (Å²) in [4.78, 5) is 2.51. The van der Waals surface area contributed by atoms with Crippen molar-refractivity contribution in [2.75, 3.05) is 4.90 Å². The number of anilines is 3. The zero-order valence-corrected chi connectivity index (χ0v) is 33.8. The Labute approximate surface area is 354 Å². The lowest BCUT2D eigenvalue weighted by Crippen LogP contribution is -2.29. The van der Waals surface area contributed by atoms with Crippen molar-refractivity contribution in [1.29, 1.82) is 0 Å². The van der Waals surface area contributed by atoms with Crippen LogP contribution < -0.4 is 4.90 Å². The Morgan fingerprint density at radius 2 is 0.983 bits per heavy atom. The molecule has 1 saturated carbocycles. The first-order chi connectivity index (χ1) is 29.8. The van der Waals surface area contributed by atoms with Crippen LogP contribution in [0.5, 0.6) is 0 Å². The smallest absolute Gasteiger partial charge is 0.0714 e. The molecule has 0 spiro atoms. The van der Waals surface area contributed by atoms with Gasteiger partial charge in [0, 0.05) is 16.9 Å². The number of fused-ring (bicyclic) bond motifs is 4. The summed E-state index contributed by atoms with van der Waals surface area (Å²) >= 11 is 0. The Hall–Kier alpha value is -6.96. The molecule has 9 aromatic carbocycles. The molecule has 1 fully saturated rings. The maximum atomic E-state index is 2.54. The summed E-state index contributed by atoms with van der Waals surface area (Å²) in [6, 6.07) is 81.4. The fourth-order valence-electron chi connectivity index (χ4n) is 10.7. The number of hydrogen-bond acceptors (Lipinski definition) is 1. The highest BCUT2D eigenvalue weighted by Gasteiger charge is 2.47. The van der Waals surface area contributed by atoms with Crippen LogP contribution >= 0.6 is 0 Å². The lowest BCUT2D eigenvalue weighted by atomic mass is 9.67. The first kappa shape index (κ1) is 36.1. The molecule has 0 radical (unpaired) electrons. The lowest BCUT2D eigenvalue weighted by Gasteiger charge is -2.35. The van der Waals surface area contributed by atoms with Crippen LogP contribution in [0.2, 0.25) is 0 Å². The van der Waals surface area contributed by atoms with Gasteiger partial charge in [0.1, 0.15) is 0 Å². The fourth-order valence-corrected chi connectivity index (χ4v) is 10.7. The summed E-state index contributed by atoms with van der Waals surface area (Å²) < 4.78 is 0. The van der Waals surface area contributed by atoms with Crippen LogP contribution in [-0.2, 0) is 5.41 Å². The van der Waals surface area contributed by atoms with E-state index in [1.54, 1.807) is 0 Å². The number of benzene rings is 9. The summed E-state index contributed by atoms with van der Waals surface area (Å²) in [7, 11) is 0.